The van der Waals surface area contributed by atoms with E-state index in [1.54, 1.807) is 0 Å². The number of rotatable bonds is 5. The average Bonchev–Trinajstić information content (AvgIpc) is 2.31. The summed E-state index contributed by atoms with van der Waals surface area (Å²) in [5.74, 6) is 0.217. The molecule has 0 heterocycles. The fourth-order valence-electron chi connectivity index (χ4n) is 1.40. The Kier molecular flexibility index (Phi) is 5.28. The molecule has 0 amide bonds. The Labute approximate surface area is 104 Å². The Balaban J connectivity index is 2.60. The van der Waals surface area contributed by atoms with Gasteiger partial charge in [-0.15, -0.1) is 0 Å². The predicted octanol–water partition coefficient (Wildman–Crippen LogP) is 2.06. The van der Waals surface area contributed by atoms with Crippen molar-refractivity contribution in [3.8, 4) is 0 Å². The van der Waals surface area contributed by atoms with Crippen molar-refractivity contribution in [2.45, 2.75) is 25.9 Å². The van der Waals surface area contributed by atoms with Gasteiger partial charge in [0.05, 0.1) is 6.04 Å². The van der Waals surface area contributed by atoms with Crippen LogP contribution in [-0.2, 0) is 6.54 Å². The van der Waals surface area contributed by atoms with Crippen molar-refractivity contribution in [1.82, 2.24) is 5.32 Å². The summed E-state index contributed by atoms with van der Waals surface area (Å²) in [6.45, 7) is 2.66. The Morgan fingerprint density at radius 1 is 1.56 bits per heavy atom. The summed E-state index contributed by atoms with van der Waals surface area (Å²) >= 11 is 3.47. The fourth-order valence-corrected chi connectivity index (χ4v) is 1.83. The van der Waals surface area contributed by atoms with Crippen LogP contribution in [0.1, 0.15) is 18.9 Å². The third-order valence-electron chi connectivity index (χ3n) is 2.38. The van der Waals surface area contributed by atoms with E-state index >= 15 is 0 Å². The summed E-state index contributed by atoms with van der Waals surface area (Å²) in [5.41, 5.74) is 6.70. The first kappa shape index (κ1) is 13.0. The summed E-state index contributed by atoms with van der Waals surface area (Å²) in [6, 6.07) is 7.86. The first-order valence-electron chi connectivity index (χ1n) is 5.13. The molecule has 0 radical (unpaired) electrons. The molecule has 0 aliphatic rings. The molecule has 0 bridgehead atoms. The van der Waals surface area contributed by atoms with Crippen LogP contribution in [0.2, 0.25) is 0 Å². The number of hydrogen-bond acceptors (Lipinski definition) is 3. The number of nitrogens with two attached hydrogens (primary N) is 1. The molecule has 1 atom stereocenters. The largest absolute Gasteiger partial charge is 0.409 e. The maximum absolute atomic E-state index is 8.60. The molecular formula is C11H16BrN3O. The molecule has 0 fully saturated rings. The van der Waals surface area contributed by atoms with Crippen molar-refractivity contribution in [3.05, 3.63) is 34.3 Å². The molecule has 0 aromatic heterocycles. The topological polar surface area (TPSA) is 70.6 Å². The second kappa shape index (κ2) is 6.50. The van der Waals surface area contributed by atoms with E-state index in [0.29, 0.717) is 6.54 Å². The molecule has 0 spiro atoms. The highest BCUT2D eigenvalue weighted by molar-refractivity contribution is 9.10. The lowest BCUT2D eigenvalue weighted by Crippen LogP contribution is -2.40. The molecule has 88 valence electrons. The van der Waals surface area contributed by atoms with Gasteiger partial charge in [-0.3, -0.25) is 0 Å². The van der Waals surface area contributed by atoms with E-state index in [4.69, 9.17) is 10.9 Å². The van der Waals surface area contributed by atoms with Gasteiger partial charge in [-0.25, -0.2) is 0 Å². The van der Waals surface area contributed by atoms with Gasteiger partial charge in [0, 0.05) is 11.0 Å². The minimum atomic E-state index is -0.0999. The van der Waals surface area contributed by atoms with Crippen LogP contribution in [0.5, 0.6) is 0 Å². The lowest BCUT2D eigenvalue weighted by molar-refractivity contribution is 0.314. The van der Waals surface area contributed by atoms with Gasteiger partial charge in [0.1, 0.15) is 0 Å². The SMILES string of the molecule is CCC(NCc1ccccc1Br)C(N)=NO. The zero-order valence-corrected chi connectivity index (χ0v) is 10.7. The minimum absolute atomic E-state index is 0.0999. The molecule has 4 nitrogen and oxygen atoms in total. The van der Waals surface area contributed by atoms with Gasteiger partial charge in [-0.05, 0) is 18.1 Å². The van der Waals surface area contributed by atoms with Crippen LogP contribution >= 0.6 is 15.9 Å². The highest BCUT2D eigenvalue weighted by Gasteiger charge is 2.11. The van der Waals surface area contributed by atoms with E-state index in [0.717, 1.165) is 16.5 Å². The number of amidine groups is 1. The number of oxime groups is 1. The lowest BCUT2D eigenvalue weighted by atomic mass is 10.1. The van der Waals surface area contributed by atoms with Gasteiger partial charge in [0.2, 0.25) is 0 Å². The fraction of sp³-hybridized carbons (Fsp3) is 0.364. The van der Waals surface area contributed by atoms with E-state index in [2.05, 4.69) is 26.4 Å². The van der Waals surface area contributed by atoms with Crippen molar-refractivity contribution >= 4 is 21.8 Å². The molecule has 0 aliphatic carbocycles. The van der Waals surface area contributed by atoms with Crippen molar-refractivity contribution in [2.75, 3.05) is 0 Å². The summed E-state index contributed by atoms with van der Waals surface area (Å²) < 4.78 is 1.05. The van der Waals surface area contributed by atoms with Crippen molar-refractivity contribution in [2.24, 2.45) is 10.9 Å². The van der Waals surface area contributed by atoms with Crippen LogP contribution in [0.15, 0.2) is 33.9 Å². The molecule has 0 saturated heterocycles. The molecule has 0 saturated carbocycles. The first-order valence-corrected chi connectivity index (χ1v) is 5.92. The number of halogens is 1. The average molecular weight is 286 g/mol. The molecule has 0 aliphatic heterocycles. The maximum Gasteiger partial charge on any atom is 0.156 e. The molecule has 1 unspecified atom stereocenters. The molecule has 1 aromatic rings. The summed E-state index contributed by atoms with van der Waals surface area (Å²) in [7, 11) is 0. The van der Waals surface area contributed by atoms with Gasteiger partial charge >= 0.3 is 0 Å². The Morgan fingerprint density at radius 3 is 2.81 bits per heavy atom. The van der Waals surface area contributed by atoms with Gasteiger partial charge in [-0.1, -0.05) is 46.2 Å². The molecular weight excluding hydrogens is 270 g/mol. The van der Waals surface area contributed by atoms with Gasteiger partial charge in [0.15, 0.2) is 5.84 Å². The molecule has 4 N–H and O–H groups in total. The second-order valence-corrected chi connectivity index (χ2v) is 4.31. The van der Waals surface area contributed by atoms with E-state index in [1.807, 2.05) is 31.2 Å². The van der Waals surface area contributed by atoms with Crippen molar-refractivity contribution in [3.63, 3.8) is 0 Å². The number of hydrogen-bond donors (Lipinski definition) is 3. The Bertz CT molecular complexity index is 368. The van der Waals surface area contributed by atoms with E-state index in [-0.39, 0.29) is 11.9 Å². The summed E-state index contributed by atoms with van der Waals surface area (Å²) in [6.07, 6.45) is 0.778. The maximum atomic E-state index is 8.60. The van der Waals surface area contributed by atoms with E-state index < -0.39 is 0 Å². The normalized spacial score (nSPS) is 13.8. The van der Waals surface area contributed by atoms with Crippen molar-refractivity contribution < 1.29 is 5.21 Å². The molecule has 1 rings (SSSR count). The quantitative estimate of drug-likeness (QED) is 0.336. The van der Waals surface area contributed by atoms with Crippen LogP contribution in [-0.4, -0.2) is 17.1 Å². The second-order valence-electron chi connectivity index (χ2n) is 3.46. The molecule has 16 heavy (non-hydrogen) atoms. The zero-order chi connectivity index (χ0) is 12.0. The van der Waals surface area contributed by atoms with Crippen LogP contribution < -0.4 is 11.1 Å². The summed E-state index contributed by atoms with van der Waals surface area (Å²) in [4.78, 5) is 0. The van der Waals surface area contributed by atoms with E-state index in [9.17, 15) is 0 Å². The Hall–Kier alpha value is -1.07. The van der Waals surface area contributed by atoms with Crippen LogP contribution in [0.4, 0.5) is 0 Å². The van der Waals surface area contributed by atoms with Crippen LogP contribution in [0.3, 0.4) is 0 Å². The zero-order valence-electron chi connectivity index (χ0n) is 9.15. The number of nitrogens with zero attached hydrogens (tertiary/aromatic N) is 1. The number of nitrogens with one attached hydrogen (secondary N) is 1. The standard InChI is InChI=1S/C11H16BrN3O/c1-2-10(11(13)15-16)14-7-8-5-3-4-6-9(8)12/h3-6,10,14,16H,2,7H2,1H3,(H2,13,15). The smallest absolute Gasteiger partial charge is 0.156 e. The van der Waals surface area contributed by atoms with Gasteiger partial charge in [-0.2, -0.15) is 0 Å². The first-order chi connectivity index (χ1) is 7.69. The van der Waals surface area contributed by atoms with Gasteiger partial charge < -0.3 is 16.3 Å². The monoisotopic (exact) mass is 285 g/mol. The predicted molar refractivity (Wildman–Crippen MR) is 68.5 cm³/mol. The third kappa shape index (κ3) is 3.50. The highest BCUT2D eigenvalue weighted by atomic mass is 79.9. The Morgan fingerprint density at radius 2 is 2.25 bits per heavy atom. The van der Waals surface area contributed by atoms with Crippen LogP contribution in [0, 0.1) is 0 Å². The molecule has 1 aromatic carbocycles. The van der Waals surface area contributed by atoms with Gasteiger partial charge in [0.25, 0.3) is 0 Å². The lowest BCUT2D eigenvalue weighted by Gasteiger charge is -2.15. The third-order valence-corrected chi connectivity index (χ3v) is 3.15. The number of benzene rings is 1. The van der Waals surface area contributed by atoms with Crippen molar-refractivity contribution in [1.29, 1.82) is 0 Å². The van der Waals surface area contributed by atoms with E-state index in [1.165, 1.54) is 0 Å². The molecule has 5 heteroatoms. The highest BCUT2D eigenvalue weighted by Crippen LogP contribution is 2.15. The minimum Gasteiger partial charge on any atom is -0.409 e. The van der Waals surface area contributed by atoms with Crippen LogP contribution in [0.25, 0.3) is 0 Å². The summed E-state index contributed by atoms with van der Waals surface area (Å²) in [5, 5.41) is 14.8.